The second-order valence-electron chi connectivity index (χ2n) is 3.68. The van der Waals surface area contributed by atoms with E-state index in [2.05, 4.69) is 19.1 Å². The highest BCUT2D eigenvalue weighted by molar-refractivity contribution is 5.28. The fraction of sp³-hybridized carbons (Fsp3) is 0.538. The number of benzene rings is 1. The maximum absolute atomic E-state index is 5.64. The van der Waals surface area contributed by atoms with Gasteiger partial charge in [0.15, 0.2) is 0 Å². The normalized spacial score (nSPS) is 12.5. The lowest BCUT2D eigenvalue weighted by atomic mass is 10.2. The zero-order valence-corrected chi connectivity index (χ0v) is 9.82. The van der Waals surface area contributed by atoms with E-state index in [0.29, 0.717) is 6.61 Å². The van der Waals surface area contributed by atoms with E-state index in [-0.39, 0.29) is 6.10 Å². The molecule has 0 saturated carbocycles. The molecule has 0 aliphatic carbocycles. The molecule has 1 unspecified atom stereocenters. The Morgan fingerprint density at radius 1 is 1.33 bits per heavy atom. The summed E-state index contributed by atoms with van der Waals surface area (Å²) in [6.45, 7) is 4.90. The first-order valence-electron chi connectivity index (χ1n) is 5.50. The summed E-state index contributed by atoms with van der Waals surface area (Å²) >= 11 is 0. The fourth-order valence-electron chi connectivity index (χ4n) is 1.32. The first-order valence-corrected chi connectivity index (χ1v) is 5.50. The van der Waals surface area contributed by atoms with Crippen molar-refractivity contribution < 1.29 is 9.47 Å². The highest BCUT2D eigenvalue weighted by Crippen LogP contribution is 2.14. The quantitative estimate of drug-likeness (QED) is 0.715. The molecule has 0 spiro atoms. The molecule has 84 valence electrons. The minimum atomic E-state index is 0.263. The zero-order chi connectivity index (χ0) is 11.1. The van der Waals surface area contributed by atoms with E-state index >= 15 is 0 Å². The first kappa shape index (κ1) is 12.1. The summed E-state index contributed by atoms with van der Waals surface area (Å²) in [5.41, 5.74) is 1.31. The molecule has 0 aliphatic heterocycles. The van der Waals surface area contributed by atoms with Crippen LogP contribution in [0.15, 0.2) is 24.3 Å². The third-order valence-corrected chi connectivity index (χ3v) is 2.50. The molecule has 15 heavy (non-hydrogen) atoms. The lowest BCUT2D eigenvalue weighted by molar-refractivity contribution is 0.0955. The zero-order valence-electron chi connectivity index (χ0n) is 9.82. The number of ether oxygens (including phenoxy) is 2. The van der Waals surface area contributed by atoms with Gasteiger partial charge in [0.05, 0.1) is 12.7 Å². The fourth-order valence-corrected chi connectivity index (χ4v) is 1.32. The van der Waals surface area contributed by atoms with Crippen LogP contribution in [0.1, 0.15) is 25.8 Å². The van der Waals surface area contributed by atoms with Crippen molar-refractivity contribution >= 4 is 0 Å². The second kappa shape index (κ2) is 6.46. The van der Waals surface area contributed by atoms with Crippen LogP contribution in [0, 0.1) is 0 Å². The number of hydrogen-bond acceptors (Lipinski definition) is 2. The van der Waals surface area contributed by atoms with Gasteiger partial charge in [0.2, 0.25) is 0 Å². The van der Waals surface area contributed by atoms with Gasteiger partial charge in [0, 0.05) is 13.5 Å². The molecule has 1 rings (SSSR count). The van der Waals surface area contributed by atoms with Crippen LogP contribution < -0.4 is 4.74 Å². The van der Waals surface area contributed by atoms with Crippen LogP contribution >= 0.6 is 0 Å². The summed E-state index contributed by atoms with van der Waals surface area (Å²) < 4.78 is 10.8. The largest absolute Gasteiger partial charge is 0.493 e. The molecule has 0 fully saturated rings. The van der Waals surface area contributed by atoms with Crippen molar-refractivity contribution in [2.75, 3.05) is 13.7 Å². The standard InChI is InChI=1S/C13H20O2/c1-4-12-6-5-7-13(10-12)15-9-8-11(2)14-3/h5-7,10-11H,4,8-9H2,1-3H3. The Bertz CT molecular complexity index is 284. The summed E-state index contributed by atoms with van der Waals surface area (Å²) in [4.78, 5) is 0. The van der Waals surface area contributed by atoms with E-state index in [9.17, 15) is 0 Å². The van der Waals surface area contributed by atoms with E-state index in [1.165, 1.54) is 5.56 Å². The Labute approximate surface area is 92.2 Å². The molecule has 1 atom stereocenters. The number of hydrogen-bond donors (Lipinski definition) is 0. The van der Waals surface area contributed by atoms with Gasteiger partial charge in [0.25, 0.3) is 0 Å². The van der Waals surface area contributed by atoms with Crippen LogP contribution in [0.5, 0.6) is 5.75 Å². The highest BCUT2D eigenvalue weighted by Gasteiger charge is 2.00. The molecule has 1 aromatic carbocycles. The number of aryl methyl sites for hydroxylation is 1. The molecular formula is C13H20O2. The van der Waals surface area contributed by atoms with Crippen LogP contribution in [0.25, 0.3) is 0 Å². The summed E-state index contributed by atoms with van der Waals surface area (Å²) in [5.74, 6) is 0.956. The third-order valence-electron chi connectivity index (χ3n) is 2.50. The Morgan fingerprint density at radius 2 is 2.13 bits per heavy atom. The molecule has 2 heteroatoms. The first-order chi connectivity index (χ1) is 7.26. The average Bonchev–Trinajstić information content (AvgIpc) is 2.29. The van der Waals surface area contributed by atoms with Crippen molar-refractivity contribution in [1.82, 2.24) is 0 Å². The van der Waals surface area contributed by atoms with Crippen LogP contribution in [-0.2, 0) is 11.2 Å². The molecule has 2 nitrogen and oxygen atoms in total. The summed E-state index contributed by atoms with van der Waals surface area (Å²) in [5, 5.41) is 0. The molecule has 0 N–H and O–H groups in total. The van der Waals surface area contributed by atoms with Gasteiger partial charge in [-0.05, 0) is 31.0 Å². The van der Waals surface area contributed by atoms with Crippen LogP contribution in [0.4, 0.5) is 0 Å². The van der Waals surface area contributed by atoms with Crippen molar-refractivity contribution in [1.29, 1.82) is 0 Å². The Hall–Kier alpha value is -1.02. The average molecular weight is 208 g/mol. The summed E-state index contributed by atoms with van der Waals surface area (Å²) in [6, 6.07) is 8.24. The molecule has 0 radical (unpaired) electrons. The molecule has 0 heterocycles. The summed E-state index contributed by atoms with van der Waals surface area (Å²) in [6.07, 6.45) is 2.23. The van der Waals surface area contributed by atoms with Gasteiger partial charge >= 0.3 is 0 Å². The minimum Gasteiger partial charge on any atom is -0.493 e. The van der Waals surface area contributed by atoms with Crippen molar-refractivity contribution in [3.63, 3.8) is 0 Å². The molecule has 0 saturated heterocycles. The van der Waals surface area contributed by atoms with Crippen LogP contribution in [0.2, 0.25) is 0 Å². The van der Waals surface area contributed by atoms with Gasteiger partial charge in [-0.1, -0.05) is 19.1 Å². The Balaban J connectivity index is 2.37. The van der Waals surface area contributed by atoms with E-state index in [1.54, 1.807) is 7.11 Å². The molecule has 0 bridgehead atoms. The van der Waals surface area contributed by atoms with Gasteiger partial charge in [-0.3, -0.25) is 0 Å². The van der Waals surface area contributed by atoms with Crippen molar-refractivity contribution in [2.24, 2.45) is 0 Å². The van der Waals surface area contributed by atoms with Crippen molar-refractivity contribution in [3.05, 3.63) is 29.8 Å². The van der Waals surface area contributed by atoms with Gasteiger partial charge < -0.3 is 9.47 Å². The van der Waals surface area contributed by atoms with Gasteiger partial charge in [0.1, 0.15) is 5.75 Å². The smallest absolute Gasteiger partial charge is 0.119 e. The maximum atomic E-state index is 5.64. The Morgan fingerprint density at radius 3 is 2.80 bits per heavy atom. The summed E-state index contributed by atoms with van der Waals surface area (Å²) in [7, 11) is 1.72. The lowest BCUT2D eigenvalue weighted by Crippen LogP contribution is -2.10. The monoisotopic (exact) mass is 208 g/mol. The van der Waals surface area contributed by atoms with Crippen LogP contribution in [0.3, 0.4) is 0 Å². The minimum absolute atomic E-state index is 0.263. The van der Waals surface area contributed by atoms with Gasteiger partial charge in [-0.2, -0.15) is 0 Å². The highest BCUT2D eigenvalue weighted by atomic mass is 16.5. The molecular weight excluding hydrogens is 188 g/mol. The number of methoxy groups -OCH3 is 1. The van der Waals surface area contributed by atoms with Crippen molar-refractivity contribution in [3.8, 4) is 5.75 Å². The predicted molar refractivity (Wildman–Crippen MR) is 62.4 cm³/mol. The second-order valence-corrected chi connectivity index (χ2v) is 3.68. The Kier molecular flexibility index (Phi) is 5.19. The SMILES string of the molecule is CCc1cccc(OCCC(C)OC)c1. The predicted octanol–water partition coefficient (Wildman–Crippen LogP) is 3.05. The van der Waals surface area contributed by atoms with E-state index in [4.69, 9.17) is 9.47 Å². The van der Waals surface area contributed by atoms with Gasteiger partial charge in [-0.15, -0.1) is 0 Å². The lowest BCUT2D eigenvalue weighted by Gasteiger charge is -2.11. The third kappa shape index (κ3) is 4.34. The van der Waals surface area contributed by atoms with Gasteiger partial charge in [-0.25, -0.2) is 0 Å². The molecule has 0 amide bonds. The topological polar surface area (TPSA) is 18.5 Å². The van der Waals surface area contributed by atoms with Crippen LogP contribution in [-0.4, -0.2) is 19.8 Å². The number of rotatable bonds is 6. The van der Waals surface area contributed by atoms with Crippen molar-refractivity contribution in [2.45, 2.75) is 32.8 Å². The van der Waals surface area contributed by atoms with E-state index in [0.717, 1.165) is 18.6 Å². The van der Waals surface area contributed by atoms with E-state index in [1.807, 2.05) is 19.1 Å². The van der Waals surface area contributed by atoms with E-state index < -0.39 is 0 Å². The molecule has 1 aromatic rings. The maximum Gasteiger partial charge on any atom is 0.119 e. The molecule has 0 aliphatic rings. The molecule has 0 aromatic heterocycles.